The van der Waals surface area contributed by atoms with Crippen LogP contribution in [0.15, 0.2) is 35.1 Å². The lowest BCUT2D eigenvalue weighted by molar-refractivity contribution is -0.114. The van der Waals surface area contributed by atoms with Crippen LogP contribution in [0.25, 0.3) is 5.69 Å². The summed E-state index contributed by atoms with van der Waals surface area (Å²) >= 11 is 0. The topological polar surface area (TPSA) is 56.0 Å². The molecule has 2 aromatic rings. The molecule has 23 heavy (non-hydrogen) atoms. The van der Waals surface area contributed by atoms with E-state index in [0.29, 0.717) is 5.69 Å². The van der Waals surface area contributed by atoms with Gasteiger partial charge in [0, 0.05) is 18.4 Å². The highest BCUT2D eigenvalue weighted by Gasteiger charge is 2.30. The summed E-state index contributed by atoms with van der Waals surface area (Å²) in [7, 11) is 0. The van der Waals surface area contributed by atoms with Gasteiger partial charge in [-0.2, -0.15) is 0 Å². The van der Waals surface area contributed by atoms with Gasteiger partial charge in [0.05, 0.1) is 11.4 Å². The van der Waals surface area contributed by atoms with Gasteiger partial charge in [0.15, 0.2) is 0 Å². The second-order valence-corrected chi connectivity index (χ2v) is 7.05. The van der Waals surface area contributed by atoms with Crippen LogP contribution in [0.3, 0.4) is 0 Å². The summed E-state index contributed by atoms with van der Waals surface area (Å²) in [5.74, 6) is -0.242. The zero-order valence-electron chi connectivity index (χ0n) is 14.7. The van der Waals surface area contributed by atoms with Crippen molar-refractivity contribution in [1.82, 2.24) is 9.36 Å². The third-order valence-electron chi connectivity index (χ3n) is 3.59. The van der Waals surface area contributed by atoms with E-state index >= 15 is 0 Å². The number of hydrogen-bond donors (Lipinski definition) is 1. The van der Waals surface area contributed by atoms with Crippen LogP contribution in [-0.4, -0.2) is 15.3 Å². The van der Waals surface area contributed by atoms with Gasteiger partial charge in [0.1, 0.15) is 5.69 Å². The van der Waals surface area contributed by atoms with Crippen molar-refractivity contribution in [3.8, 4) is 5.69 Å². The van der Waals surface area contributed by atoms with Crippen molar-refractivity contribution in [1.29, 1.82) is 0 Å². The van der Waals surface area contributed by atoms with Crippen LogP contribution in [0.1, 0.15) is 53.3 Å². The number of para-hydroxylation sites is 1. The molecule has 0 atom stereocenters. The van der Waals surface area contributed by atoms with E-state index in [9.17, 15) is 9.59 Å². The molecule has 1 heterocycles. The Balaban J connectivity index is 2.92. The molecule has 1 aromatic carbocycles. The lowest BCUT2D eigenvalue weighted by atomic mass is 9.90. The number of nitrogens with one attached hydrogen (secondary N) is 1. The molecule has 1 N–H and O–H groups in total. The van der Waals surface area contributed by atoms with E-state index in [4.69, 9.17) is 0 Å². The SMILES string of the molecule is CC(=O)Nc1c(C(C)(C)C)n(-c2ccccc2)n(C(C)C)c1=O. The van der Waals surface area contributed by atoms with Crippen LogP contribution in [-0.2, 0) is 10.2 Å². The van der Waals surface area contributed by atoms with Gasteiger partial charge in [-0.05, 0) is 26.0 Å². The monoisotopic (exact) mass is 315 g/mol. The molecule has 0 saturated heterocycles. The molecule has 5 nitrogen and oxygen atoms in total. The number of rotatable bonds is 3. The van der Waals surface area contributed by atoms with Crippen molar-refractivity contribution in [2.24, 2.45) is 0 Å². The predicted octanol–water partition coefficient (Wildman–Crippen LogP) is 3.48. The second-order valence-electron chi connectivity index (χ2n) is 7.05. The molecule has 0 aliphatic rings. The summed E-state index contributed by atoms with van der Waals surface area (Å²) < 4.78 is 3.62. The zero-order valence-corrected chi connectivity index (χ0v) is 14.7. The highest BCUT2D eigenvalue weighted by molar-refractivity contribution is 5.89. The van der Waals surface area contributed by atoms with Crippen LogP contribution in [0.5, 0.6) is 0 Å². The van der Waals surface area contributed by atoms with Crippen LogP contribution in [0, 0.1) is 0 Å². The van der Waals surface area contributed by atoms with Crippen LogP contribution in [0.4, 0.5) is 5.69 Å². The van der Waals surface area contributed by atoms with Gasteiger partial charge in [0.25, 0.3) is 5.56 Å². The Morgan fingerprint density at radius 1 is 1.13 bits per heavy atom. The Kier molecular flexibility index (Phi) is 4.50. The fourth-order valence-electron chi connectivity index (χ4n) is 2.79. The lowest BCUT2D eigenvalue weighted by Gasteiger charge is -2.25. The Hall–Kier alpha value is -2.30. The Morgan fingerprint density at radius 3 is 2.13 bits per heavy atom. The summed E-state index contributed by atoms with van der Waals surface area (Å²) in [6, 6.07) is 9.71. The minimum absolute atomic E-state index is 0.0358. The Labute approximate surface area is 136 Å². The molecule has 0 unspecified atom stereocenters. The Bertz CT molecular complexity index is 762. The van der Waals surface area contributed by atoms with Gasteiger partial charge in [-0.1, -0.05) is 39.0 Å². The predicted molar refractivity (Wildman–Crippen MR) is 93.4 cm³/mol. The number of nitrogens with zero attached hydrogens (tertiary/aromatic N) is 2. The quantitative estimate of drug-likeness (QED) is 0.943. The first-order valence-electron chi connectivity index (χ1n) is 7.85. The normalized spacial score (nSPS) is 11.8. The number of carbonyl (C=O) groups is 1. The van der Waals surface area contributed by atoms with Crippen molar-refractivity contribution in [3.05, 3.63) is 46.4 Å². The smallest absolute Gasteiger partial charge is 0.291 e. The first kappa shape index (κ1) is 17.1. The molecule has 0 radical (unpaired) electrons. The maximum atomic E-state index is 12.9. The summed E-state index contributed by atoms with van der Waals surface area (Å²) in [4.78, 5) is 24.5. The van der Waals surface area contributed by atoms with Gasteiger partial charge in [-0.15, -0.1) is 0 Å². The van der Waals surface area contributed by atoms with E-state index < -0.39 is 0 Å². The number of hydrogen-bond acceptors (Lipinski definition) is 2. The van der Waals surface area contributed by atoms with E-state index in [1.165, 1.54) is 6.92 Å². The fraction of sp³-hybridized carbons (Fsp3) is 0.444. The molecule has 0 aliphatic carbocycles. The van der Waals surface area contributed by atoms with Gasteiger partial charge < -0.3 is 5.32 Å². The molecule has 0 fully saturated rings. The first-order chi connectivity index (χ1) is 10.6. The van der Waals surface area contributed by atoms with E-state index in [1.54, 1.807) is 4.68 Å². The number of benzene rings is 1. The number of anilines is 1. The van der Waals surface area contributed by atoms with Crippen LogP contribution < -0.4 is 10.9 Å². The summed E-state index contributed by atoms with van der Waals surface area (Å²) in [5, 5.41) is 2.74. The average Bonchev–Trinajstić information content (AvgIpc) is 2.72. The maximum absolute atomic E-state index is 12.9. The number of carbonyl (C=O) groups excluding carboxylic acids is 1. The fourth-order valence-corrected chi connectivity index (χ4v) is 2.79. The van der Waals surface area contributed by atoms with Crippen molar-refractivity contribution < 1.29 is 4.79 Å². The Morgan fingerprint density at radius 2 is 1.70 bits per heavy atom. The van der Waals surface area contributed by atoms with E-state index in [0.717, 1.165) is 11.4 Å². The molecule has 0 bridgehead atoms. The third-order valence-corrected chi connectivity index (χ3v) is 3.59. The van der Waals surface area contributed by atoms with Crippen LogP contribution >= 0.6 is 0 Å². The molecule has 124 valence electrons. The summed E-state index contributed by atoms with van der Waals surface area (Å²) in [5.41, 5.74) is 1.58. The first-order valence-corrected chi connectivity index (χ1v) is 7.85. The molecular weight excluding hydrogens is 290 g/mol. The highest BCUT2D eigenvalue weighted by Crippen LogP contribution is 2.31. The van der Waals surface area contributed by atoms with Crippen molar-refractivity contribution in [2.45, 2.75) is 53.0 Å². The van der Waals surface area contributed by atoms with Gasteiger partial charge in [-0.25, -0.2) is 4.68 Å². The number of aromatic nitrogens is 2. The standard InChI is InChI=1S/C18H25N3O2/c1-12(2)20-17(23)15(19-13(3)22)16(18(4,5)6)21(20)14-10-8-7-9-11-14/h7-12H,1-6H3,(H,19,22). The highest BCUT2D eigenvalue weighted by atomic mass is 16.2. The minimum atomic E-state index is -0.313. The molecule has 5 heteroatoms. The third kappa shape index (κ3) is 3.23. The minimum Gasteiger partial charge on any atom is -0.320 e. The molecule has 1 amide bonds. The molecule has 0 spiro atoms. The van der Waals surface area contributed by atoms with Gasteiger partial charge in [-0.3, -0.25) is 14.3 Å². The lowest BCUT2D eigenvalue weighted by Crippen LogP contribution is -2.26. The zero-order chi connectivity index (χ0) is 17.4. The largest absolute Gasteiger partial charge is 0.320 e. The van der Waals surface area contributed by atoms with Gasteiger partial charge >= 0.3 is 0 Å². The summed E-state index contributed by atoms with van der Waals surface area (Å²) in [6.07, 6.45) is 0. The average molecular weight is 315 g/mol. The van der Waals surface area contributed by atoms with E-state index in [2.05, 4.69) is 5.32 Å². The van der Waals surface area contributed by atoms with E-state index in [-0.39, 0.29) is 22.9 Å². The maximum Gasteiger partial charge on any atom is 0.291 e. The van der Waals surface area contributed by atoms with Gasteiger partial charge in [0.2, 0.25) is 5.91 Å². The molecule has 1 aromatic heterocycles. The van der Waals surface area contributed by atoms with Crippen molar-refractivity contribution in [2.75, 3.05) is 5.32 Å². The molecule has 2 rings (SSSR count). The van der Waals surface area contributed by atoms with Crippen LogP contribution in [0.2, 0.25) is 0 Å². The molecule has 0 aliphatic heterocycles. The van der Waals surface area contributed by atoms with E-state index in [1.807, 2.05) is 69.6 Å². The molecule has 0 saturated carbocycles. The number of amides is 1. The molecular formula is C18H25N3O2. The second kappa shape index (κ2) is 6.07. The summed E-state index contributed by atoms with van der Waals surface area (Å²) in [6.45, 7) is 11.5. The van der Waals surface area contributed by atoms with Crippen molar-refractivity contribution in [3.63, 3.8) is 0 Å². The van der Waals surface area contributed by atoms with Crippen molar-refractivity contribution >= 4 is 11.6 Å².